The Bertz CT molecular complexity index is 1490. The summed E-state index contributed by atoms with van der Waals surface area (Å²) >= 11 is 1.64. The number of carbonyl (C=O) groups is 2. The first-order valence-corrected chi connectivity index (χ1v) is 11.7. The van der Waals surface area contributed by atoms with Crippen LogP contribution in [0.4, 0.5) is 0 Å². The van der Waals surface area contributed by atoms with Crippen LogP contribution in [0.3, 0.4) is 0 Å². The number of methoxy groups -OCH3 is 1. The molecule has 4 heterocycles. The van der Waals surface area contributed by atoms with Crippen LogP contribution in [-0.2, 0) is 9.53 Å². The number of aromatic carboxylic acids is 1. The third kappa shape index (κ3) is 3.83. The number of ether oxygens (including phenoxy) is 1. The smallest absolute Gasteiger partial charge is 0.338 e. The van der Waals surface area contributed by atoms with Crippen LogP contribution in [0.2, 0.25) is 0 Å². The van der Waals surface area contributed by atoms with Crippen LogP contribution in [0.25, 0.3) is 10.7 Å². The Morgan fingerprint density at radius 2 is 1.89 bits per heavy atom. The van der Waals surface area contributed by atoms with Gasteiger partial charge in [0.15, 0.2) is 5.82 Å². The molecule has 4 aromatic rings. The molecule has 1 aliphatic rings. The predicted octanol–water partition coefficient (Wildman–Crippen LogP) is 3.59. The maximum absolute atomic E-state index is 12.2. The largest absolute Gasteiger partial charge is 0.478 e. The summed E-state index contributed by atoms with van der Waals surface area (Å²) in [5, 5.41) is 22.9. The van der Waals surface area contributed by atoms with Crippen molar-refractivity contribution >= 4 is 29.0 Å². The first kappa shape index (κ1) is 22.7. The summed E-state index contributed by atoms with van der Waals surface area (Å²) in [6, 6.07) is 6.98. The van der Waals surface area contributed by atoms with Gasteiger partial charge in [0.2, 0.25) is 0 Å². The molecule has 1 N–H and O–H groups in total. The van der Waals surface area contributed by atoms with Crippen molar-refractivity contribution in [2.75, 3.05) is 7.11 Å². The van der Waals surface area contributed by atoms with Gasteiger partial charge >= 0.3 is 11.9 Å². The molecule has 10 nitrogen and oxygen atoms in total. The number of thiophene rings is 1. The monoisotopic (exact) mass is 490 g/mol. The molecule has 11 heteroatoms. The number of carbonyl (C=O) groups excluding carboxylic acids is 1. The molecule has 1 aromatic carbocycles. The number of nitrogens with zero attached hydrogens (tertiary/aromatic N) is 6. The van der Waals surface area contributed by atoms with E-state index in [-0.39, 0.29) is 18.0 Å². The molecular formula is C24H22N6O4S. The molecule has 0 saturated heterocycles. The minimum absolute atomic E-state index is 0.0362. The van der Waals surface area contributed by atoms with E-state index < -0.39 is 12.0 Å². The lowest BCUT2D eigenvalue weighted by molar-refractivity contribution is -0.141. The Morgan fingerprint density at radius 1 is 1.14 bits per heavy atom. The molecule has 0 fully saturated rings. The summed E-state index contributed by atoms with van der Waals surface area (Å²) in [4.78, 5) is 29.6. The van der Waals surface area contributed by atoms with Crippen molar-refractivity contribution in [2.45, 2.75) is 33.2 Å². The zero-order chi connectivity index (χ0) is 24.9. The molecule has 0 unspecified atom stereocenters. The lowest BCUT2D eigenvalue weighted by Crippen LogP contribution is -2.12. The molecule has 0 spiro atoms. The maximum Gasteiger partial charge on any atom is 0.338 e. The van der Waals surface area contributed by atoms with E-state index in [1.165, 1.54) is 24.2 Å². The van der Waals surface area contributed by atoms with Gasteiger partial charge in [0, 0.05) is 22.2 Å². The molecule has 1 atom stereocenters. The Morgan fingerprint density at radius 3 is 2.54 bits per heavy atom. The van der Waals surface area contributed by atoms with Crippen LogP contribution in [0, 0.1) is 20.8 Å². The highest BCUT2D eigenvalue weighted by molar-refractivity contribution is 7.15. The molecule has 3 aromatic heterocycles. The number of aryl methyl sites for hydroxylation is 2. The zero-order valence-corrected chi connectivity index (χ0v) is 20.3. The number of aromatic nitrogens is 5. The van der Waals surface area contributed by atoms with Crippen molar-refractivity contribution in [3.05, 3.63) is 75.4 Å². The third-order valence-electron chi connectivity index (χ3n) is 6.06. The van der Waals surface area contributed by atoms with Gasteiger partial charge in [-0.2, -0.15) is 5.10 Å². The van der Waals surface area contributed by atoms with E-state index in [1.807, 2.05) is 35.8 Å². The average molecular weight is 491 g/mol. The number of esters is 1. The SMILES string of the molecule is COC(=O)C[C@@H]1N=C(c2ccc(-n3cc(C(=O)O)cn3)cc2)c2c(sc(C)c2C)-n2c(C)nnc21. The molecule has 0 bridgehead atoms. The number of carboxylic acids is 1. The van der Waals surface area contributed by atoms with Crippen LogP contribution in [0.5, 0.6) is 0 Å². The molecule has 35 heavy (non-hydrogen) atoms. The average Bonchev–Trinajstić information content (AvgIpc) is 3.53. The molecule has 1 aliphatic heterocycles. The topological polar surface area (TPSA) is 124 Å². The van der Waals surface area contributed by atoms with Crippen molar-refractivity contribution in [3.63, 3.8) is 0 Å². The van der Waals surface area contributed by atoms with Crippen molar-refractivity contribution in [2.24, 2.45) is 4.99 Å². The number of benzene rings is 1. The van der Waals surface area contributed by atoms with Gasteiger partial charge in [-0.3, -0.25) is 14.4 Å². The van der Waals surface area contributed by atoms with Gasteiger partial charge in [0.25, 0.3) is 0 Å². The van der Waals surface area contributed by atoms with Crippen molar-refractivity contribution in [3.8, 4) is 10.7 Å². The number of rotatable bonds is 5. The lowest BCUT2D eigenvalue weighted by Gasteiger charge is -2.12. The second kappa shape index (κ2) is 8.58. The van der Waals surface area contributed by atoms with E-state index in [9.17, 15) is 14.7 Å². The van der Waals surface area contributed by atoms with Crippen LogP contribution >= 0.6 is 11.3 Å². The van der Waals surface area contributed by atoms with E-state index in [0.29, 0.717) is 11.5 Å². The number of aliphatic imine (C=N–C) groups is 1. The van der Waals surface area contributed by atoms with Crippen molar-refractivity contribution in [1.29, 1.82) is 0 Å². The van der Waals surface area contributed by atoms with Gasteiger partial charge in [-0.15, -0.1) is 21.5 Å². The highest BCUT2D eigenvalue weighted by Gasteiger charge is 2.32. The fourth-order valence-corrected chi connectivity index (χ4v) is 5.33. The van der Waals surface area contributed by atoms with Crippen LogP contribution < -0.4 is 0 Å². The molecule has 0 radical (unpaired) electrons. The summed E-state index contributed by atoms with van der Waals surface area (Å²) < 4.78 is 8.42. The lowest BCUT2D eigenvalue weighted by atomic mass is 9.99. The molecule has 0 amide bonds. The number of hydrogen-bond acceptors (Lipinski definition) is 8. The molecular weight excluding hydrogens is 468 g/mol. The van der Waals surface area contributed by atoms with Gasteiger partial charge < -0.3 is 9.84 Å². The van der Waals surface area contributed by atoms with E-state index >= 15 is 0 Å². The van der Waals surface area contributed by atoms with E-state index in [2.05, 4.69) is 29.1 Å². The first-order chi connectivity index (χ1) is 16.8. The Hall–Kier alpha value is -4.12. The second-order valence-corrected chi connectivity index (χ2v) is 9.41. The summed E-state index contributed by atoms with van der Waals surface area (Å²) in [6.45, 7) is 6.01. The normalized spacial score (nSPS) is 14.6. The summed E-state index contributed by atoms with van der Waals surface area (Å²) in [5.74, 6) is -0.0981. The quantitative estimate of drug-likeness (QED) is 0.424. The van der Waals surface area contributed by atoms with Crippen LogP contribution in [0.1, 0.15) is 56.0 Å². The highest BCUT2D eigenvalue weighted by atomic mass is 32.1. The standard InChI is InChI=1S/C24H22N6O4S/c1-12-13(2)35-23-20(12)21(26-18(9-19(31)34-4)22-28-27-14(3)30(22)23)15-5-7-17(8-6-15)29-11-16(10-25-29)24(32)33/h5-8,10-11,18H,9H2,1-4H3,(H,32,33)/t18-/m0/s1. The fraction of sp³-hybridized carbons (Fsp3) is 0.250. The van der Waals surface area contributed by atoms with Crippen molar-refractivity contribution in [1.82, 2.24) is 24.5 Å². The minimum atomic E-state index is -1.03. The Labute approximate surface area is 204 Å². The summed E-state index contributed by atoms with van der Waals surface area (Å²) in [6.07, 6.45) is 2.81. The number of hydrogen-bond donors (Lipinski definition) is 1. The first-order valence-electron chi connectivity index (χ1n) is 10.8. The van der Waals surface area contributed by atoms with E-state index in [1.54, 1.807) is 11.3 Å². The second-order valence-electron chi connectivity index (χ2n) is 8.20. The van der Waals surface area contributed by atoms with Crippen LogP contribution in [0.15, 0.2) is 41.7 Å². The molecule has 178 valence electrons. The Kier molecular flexibility index (Phi) is 5.56. The minimum Gasteiger partial charge on any atom is -0.478 e. The van der Waals surface area contributed by atoms with Gasteiger partial charge in [-0.1, -0.05) is 12.1 Å². The fourth-order valence-electron chi connectivity index (χ4n) is 4.11. The van der Waals surface area contributed by atoms with Gasteiger partial charge in [0.05, 0.1) is 36.7 Å². The summed E-state index contributed by atoms with van der Waals surface area (Å²) in [7, 11) is 1.35. The highest BCUT2D eigenvalue weighted by Crippen LogP contribution is 2.39. The predicted molar refractivity (Wildman–Crippen MR) is 129 cm³/mol. The number of fused-ring (bicyclic) bond motifs is 3. The zero-order valence-electron chi connectivity index (χ0n) is 19.5. The summed E-state index contributed by atoms with van der Waals surface area (Å²) in [5.41, 5.74) is 4.51. The molecule has 5 rings (SSSR count). The molecule has 0 saturated carbocycles. The van der Waals surface area contributed by atoms with Crippen molar-refractivity contribution < 1.29 is 19.4 Å². The molecule has 0 aliphatic carbocycles. The third-order valence-corrected chi connectivity index (χ3v) is 7.25. The van der Waals surface area contributed by atoms with Crippen LogP contribution in [-0.4, -0.2) is 54.4 Å². The van der Waals surface area contributed by atoms with Gasteiger partial charge in [-0.05, 0) is 38.5 Å². The van der Waals surface area contributed by atoms with E-state index in [4.69, 9.17) is 9.73 Å². The van der Waals surface area contributed by atoms with E-state index in [0.717, 1.165) is 38.1 Å². The van der Waals surface area contributed by atoms with Gasteiger partial charge in [0.1, 0.15) is 16.9 Å². The Balaban J connectivity index is 1.65. The van der Waals surface area contributed by atoms with Gasteiger partial charge in [-0.25, -0.2) is 9.48 Å². The maximum atomic E-state index is 12.2. The number of carboxylic acid groups (broad SMARTS) is 1.